The minimum Gasteiger partial charge on any atom is -0.497 e. The minimum absolute atomic E-state index is 0.00376. The molecule has 24 heavy (non-hydrogen) atoms. The molecule has 0 aliphatic carbocycles. The van der Waals surface area contributed by atoms with Gasteiger partial charge in [0.1, 0.15) is 11.5 Å². The number of hydrogen-bond donors (Lipinski definition) is 1. The van der Waals surface area contributed by atoms with Gasteiger partial charge in [-0.05, 0) is 36.4 Å². The largest absolute Gasteiger partial charge is 0.497 e. The molecule has 2 heterocycles. The molecule has 1 N–H and O–H groups in total. The van der Waals surface area contributed by atoms with Crippen LogP contribution in [0.3, 0.4) is 0 Å². The molecule has 3 rings (SSSR count). The van der Waals surface area contributed by atoms with Crippen molar-refractivity contribution in [2.75, 3.05) is 44.7 Å². The smallest absolute Gasteiger partial charge is 0.317 e. The molecule has 0 unspecified atom stereocenters. The van der Waals surface area contributed by atoms with E-state index in [0.29, 0.717) is 13.0 Å². The lowest BCUT2D eigenvalue weighted by atomic mass is 10.2. The van der Waals surface area contributed by atoms with E-state index in [2.05, 4.69) is 22.3 Å². The second kappa shape index (κ2) is 7.77. The molecule has 0 spiro atoms. The first-order chi connectivity index (χ1) is 11.8. The second-order valence-corrected chi connectivity index (χ2v) is 5.73. The van der Waals surface area contributed by atoms with Crippen LogP contribution in [-0.4, -0.2) is 50.8 Å². The van der Waals surface area contributed by atoms with E-state index in [1.54, 1.807) is 13.4 Å². The monoisotopic (exact) mass is 329 g/mol. The first kappa shape index (κ1) is 16.2. The van der Waals surface area contributed by atoms with Crippen LogP contribution in [0, 0.1) is 0 Å². The molecule has 1 saturated heterocycles. The van der Waals surface area contributed by atoms with Gasteiger partial charge in [0.25, 0.3) is 0 Å². The molecule has 0 radical (unpaired) electrons. The first-order valence-corrected chi connectivity index (χ1v) is 8.20. The van der Waals surface area contributed by atoms with Crippen LogP contribution in [0.5, 0.6) is 5.75 Å². The van der Waals surface area contributed by atoms with Gasteiger partial charge in [-0.1, -0.05) is 0 Å². The number of rotatable bonds is 5. The third-order valence-corrected chi connectivity index (χ3v) is 4.23. The van der Waals surface area contributed by atoms with E-state index >= 15 is 0 Å². The molecule has 6 heteroatoms. The van der Waals surface area contributed by atoms with Crippen molar-refractivity contribution in [1.29, 1.82) is 0 Å². The SMILES string of the molecule is COc1ccc(N2CCN(C(=O)NCCc3ccco3)CC2)cc1. The second-order valence-electron chi connectivity index (χ2n) is 5.73. The number of benzene rings is 1. The number of nitrogens with one attached hydrogen (secondary N) is 1. The third-order valence-electron chi connectivity index (χ3n) is 4.23. The third kappa shape index (κ3) is 4.01. The van der Waals surface area contributed by atoms with Gasteiger partial charge in [-0.2, -0.15) is 0 Å². The first-order valence-electron chi connectivity index (χ1n) is 8.20. The fourth-order valence-corrected chi connectivity index (χ4v) is 2.82. The van der Waals surface area contributed by atoms with Gasteiger partial charge < -0.3 is 24.3 Å². The Bertz CT molecular complexity index is 632. The number of carbonyl (C=O) groups excluding carboxylic acids is 1. The summed E-state index contributed by atoms with van der Waals surface area (Å²) in [6.45, 7) is 3.69. The molecule has 128 valence electrons. The molecule has 0 saturated carbocycles. The number of ether oxygens (including phenoxy) is 1. The molecular formula is C18H23N3O3. The number of hydrogen-bond acceptors (Lipinski definition) is 4. The standard InChI is InChI=1S/C18H23N3O3/c1-23-16-6-4-15(5-7-16)20-10-12-21(13-11-20)18(22)19-9-8-17-3-2-14-24-17/h2-7,14H,8-13H2,1H3,(H,19,22). The number of piperazine rings is 1. The van der Waals surface area contributed by atoms with Crippen LogP contribution in [0.15, 0.2) is 47.1 Å². The van der Waals surface area contributed by atoms with Crippen molar-refractivity contribution < 1.29 is 13.9 Å². The summed E-state index contributed by atoms with van der Waals surface area (Å²) >= 11 is 0. The molecule has 2 amide bonds. The number of anilines is 1. The Kier molecular flexibility index (Phi) is 5.25. The fraction of sp³-hybridized carbons (Fsp3) is 0.389. The van der Waals surface area contributed by atoms with Gasteiger partial charge in [0.2, 0.25) is 0 Å². The Hall–Kier alpha value is -2.63. The highest BCUT2D eigenvalue weighted by Crippen LogP contribution is 2.20. The molecule has 1 aliphatic rings. The Morgan fingerprint density at radius 1 is 1.17 bits per heavy atom. The zero-order valence-electron chi connectivity index (χ0n) is 13.9. The highest BCUT2D eigenvalue weighted by Gasteiger charge is 2.21. The fourth-order valence-electron chi connectivity index (χ4n) is 2.82. The average Bonchev–Trinajstić information content (AvgIpc) is 3.15. The normalized spacial score (nSPS) is 14.5. The van der Waals surface area contributed by atoms with E-state index < -0.39 is 0 Å². The highest BCUT2D eigenvalue weighted by atomic mass is 16.5. The summed E-state index contributed by atoms with van der Waals surface area (Å²) in [7, 11) is 1.66. The van der Waals surface area contributed by atoms with E-state index in [4.69, 9.17) is 9.15 Å². The number of urea groups is 1. The topological polar surface area (TPSA) is 58.0 Å². The maximum atomic E-state index is 12.2. The molecule has 2 aromatic rings. The highest BCUT2D eigenvalue weighted by molar-refractivity contribution is 5.74. The summed E-state index contributed by atoms with van der Waals surface area (Å²) in [6, 6.07) is 11.8. The van der Waals surface area contributed by atoms with Crippen molar-refractivity contribution in [1.82, 2.24) is 10.2 Å². The molecule has 1 aromatic heterocycles. The maximum absolute atomic E-state index is 12.2. The average molecular weight is 329 g/mol. The van der Waals surface area contributed by atoms with Crippen molar-refractivity contribution in [3.8, 4) is 5.75 Å². The van der Waals surface area contributed by atoms with Crippen molar-refractivity contribution in [3.63, 3.8) is 0 Å². The van der Waals surface area contributed by atoms with Gasteiger partial charge in [0.05, 0.1) is 13.4 Å². The molecule has 1 aromatic carbocycles. The van der Waals surface area contributed by atoms with Crippen LogP contribution in [0.2, 0.25) is 0 Å². The summed E-state index contributed by atoms with van der Waals surface area (Å²) < 4.78 is 10.4. The van der Waals surface area contributed by atoms with Crippen LogP contribution < -0.4 is 15.0 Å². The van der Waals surface area contributed by atoms with Crippen LogP contribution in [0.4, 0.5) is 10.5 Å². The lowest BCUT2D eigenvalue weighted by molar-refractivity contribution is 0.194. The Morgan fingerprint density at radius 2 is 1.92 bits per heavy atom. The number of furan rings is 1. The predicted octanol–water partition coefficient (Wildman–Crippen LogP) is 2.36. The van der Waals surface area contributed by atoms with E-state index in [9.17, 15) is 4.79 Å². The Labute approximate surface area is 142 Å². The summed E-state index contributed by atoms with van der Waals surface area (Å²) in [5.41, 5.74) is 1.16. The summed E-state index contributed by atoms with van der Waals surface area (Å²) in [5.74, 6) is 1.74. The molecule has 1 fully saturated rings. The molecule has 0 atom stereocenters. The summed E-state index contributed by atoms with van der Waals surface area (Å²) in [4.78, 5) is 16.3. The van der Waals surface area contributed by atoms with Gasteiger partial charge >= 0.3 is 6.03 Å². The van der Waals surface area contributed by atoms with Gasteiger partial charge in [0.15, 0.2) is 0 Å². The minimum atomic E-state index is -0.00376. The predicted molar refractivity (Wildman–Crippen MR) is 92.6 cm³/mol. The lowest BCUT2D eigenvalue weighted by Crippen LogP contribution is -2.52. The van der Waals surface area contributed by atoms with E-state index in [1.165, 1.54) is 0 Å². The van der Waals surface area contributed by atoms with E-state index in [-0.39, 0.29) is 6.03 Å². The quantitative estimate of drug-likeness (QED) is 0.915. The van der Waals surface area contributed by atoms with Crippen molar-refractivity contribution >= 4 is 11.7 Å². The van der Waals surface area contributed by atoms with Crippen molar-refractivity contribution in [2.45, 2.75) is 6.42 Å². The Balaban J connectivity index is 1.43. The number of carbonyl (C=O) groups is 1. The zero-order chi connectivity index (χ0) is 16.8. The molecule has 0 bridgehead atoms. The summed E-state index contributed by atoms with van der Waals surface area (Å²) in [5, 5.41) is 2.95. The van der Waals surface area contributed by atoms with Crippen LogP contribution in [-0.2, 0) is 6.42 Å². The molecular weight excluding hydrogens is 306 g/mol. The number of methoxy groups -OCH3 is 1. The van der Waals surface area contributed by atoms with Crippen molar-refractivity contribution in [2.24, 2.45) is 0 Å². The number of nitrogens with zero attached hydrogens (tertiary/aromatic N) is 2. The zero-order valence-corrected chi connectivity index (χ0v) is 13.9. The van der Waals surface area contributed by atoms with E-state index in [0.717, 1.165) is 43.4 Å². The molecule has 6 nitrogen and oxygen atoms in total. The number of amides is 2. The van der Waals surface area contributed by atoms with E-state index in [1.807, 2.05) is 29.2 Å². The van der Waals surface area contributed by atoms with Gasteiger partial charge in [-0.3, -0.25) is 0 Å². The summed E-state index contributed by atoms with van der Waals surface area (Å²) in [6.07, 6.45) is 2.36. The van der Waals surface area contributed by atoms with Gasteiger partial charge in [-0.15, -0.1) is 0 Å². The van der Waals surface area contributed by atoms with Gasteiger partial charge in [-0.25, -0.2) is 4.79 Å². The van der Waals surface area contributed by atoms with Crippen LogP contribution in [0.25, 0.3) is 0 Å². The lowest BCUT2D eigenvalue weighted by Gasteiger charge is -2.36. The Morgan fingerprint density at radius 3 is 2.54 bits per heavy atom. The van der Waals surface area contributed by atoms with Crippen LogP contribution in [0.1, 0.15) is 5.76 Å². The van der Waals surface area contributed by atoms with Crippen LogP contribution >= 0.6 is 0 Å². The van der Waals surface area contributed by atoms with Crippen molar-refractivity contribution in [3.05, 3.63) is 48.4 Å². The van der Waals surface area contributed by atoms with Gasteiger partial charge in [0, 0.05) is 44.8 Å². The molecule has 1 aliphatic heterocycles. The maximum Gasteiger partial charge on any atom is 0.317 e.